The summed E-state index contributed by atoms with van der Waals surface area (Å²) in [7, 11) is 1.45. The number of hydrogen-bond acceptors (Lipinski definition) is 11. The number of benzene rings is 1. The molecule has 1 aromatic carbocycles. The molecule has 42 heavy (non-hydrogen) atoms. The van der Waals surface area contributed by atoms with Crippen LogP contribution in [0.15, 0.2) is 18.2 Å². The highest BCUT2D eigenvalue weighted by molar-refractivity contribution is 6.33. The lowest BCUT2D eigenvalue weighted by Gasteiger charge is -2.23. The van der Waals surface area contributed by atoms with Crippen molar-refractivity contribution in [2.45, 2.75) is 70.4 Å². The number of hydrogen-bond donors (Lipinski definition) is 3. The van der Waals surface area contributed by atoms with Crippen molar-refractivity contribution in [1.82, 2.24) is 34.8 Å². The Morgan fingerprint density at radius 3 is 2.12 bits per heavy atom. The maximum Gasteiger partial charge on any atom is 0.233 e. The smallest absolute Gasteiger partial charge is 0.233 e. The van der Waals surface area contributed by atoms with E-state index < -0.39 is 5.82 Å². The highest BCUT2D eigenvalue weighted by atomic mass is 35.5. The Hall–Kier alpha value is -2.80. The maximum absolute atomic E-state index is 14.2. The van der Waals surface area contributed by atoms with Gasteiger partial charge in [0.1, 0.15) is 0 Å². The number of ether oxygens (including phenoxy) is 1. The number of likely N-dealkylation sites (N-methyl/N-ethyl adjacent to an activating group) is 1. The fourth-order valence-corrected chi connectivity index (χ4v) is 5.72. The van der Waals surface area contributed by atoms with Crippen molar-refractivity contribution >= 4 is 58.3 Å². The molecule has 228 valence electrons. The van der Waals surface area contributed by atoms with Crippen LogP contribution in [0.5, 0.6) is 5.75 Å². The molecule has 15 heteroatoms. The molecule has 1 saturated heterocycles. The second-order valence-corrected chi connectivity index (χ2v) is 11.1. The summed E-state index contributed by atoms with van der Waals surface area (Å²) < 4.78 is 19.2. The van der Waals surface area contributed by atoms with E-state index in [4.69, 9.17) is 39.5 Å². The summed E-state index contributed by atoms with van der Waals surface area (Å²) in [5, 5.41) is 10.1. The van der Waals surface area contributed by atoms with Gasteiger partial charge in [0, 0.05) is 30.4 Å². The van der Waals surface area contributed by atoms with E-state index in [0.29, 0.717) is 35.6 Å². The average molecular weight is 642 g/mol. The monoisotopic (exact) mass is 640 g/mol. The molecule has 2 aromatic heterocycles. The van der Waals surface area contributed by atoms with Crippen molar-refractivity contribution in [3.63, 3.8) is 0 Å². The first-order valence-corrected chi connectivity index (χ1v) is 15.3. The highest BCUT2D eigenvalue weighted by Gasteiger charge is 2.23. The van der Waals surface area contributed by atoms with Crippen LogP contribution in [-0.2, 0) is 0 Å². The predicted octanol–water partition coefficient (Wildman–Crippen LogP) is 6.63. The predicted molar refractivity (Wildman–Crippen MR) is 165 cm³/mol. The fourth-order valence-electron chi connectivity index (χ4n) is 5.11. The van der Waals surface area contributed by atoms with Gasteiger partial charge in [-0.25, -0.2) is 4.39 Å². The molecule has 0 radical (unpaired) electrons. The number of halogens is 4. The summed E-state index contributed by atoms with van der Waals surface area (Å²) >= 11 is 16.0. The van der Waals surface area contributed by atoms with E-state index in [1.807, 2.05) is 0 Å². The largest absolute Gasteiger partial charge is 0.494 e. The van der Waals surface area contributed by atoms with Crippen LogP contribution in [0.25, 0.3) is 0 Å². The first kappa shape index (κ1) is 32.1. The van der Waals surface area contributed by atoms with Crippen molar-refractivity contribution in [2.75, 3.05) is 42.7 Å². The lowest BCUT2D eigenvalue weighted by atomic mass is 10.1. The molecule has 1 saturated carbocycles. The molecular formula is C27H36Cl3FN10O. The third-order valence-electron chi connectivity index (χ3n) is 7.19. The third-order valence-corrected chi connectivity index (χ3v) is 7.69. The van der Waals surface area contributed by atoms with Gasteiger partial charge in [0.2, 0.25) is 33.7 Å². The van der Waals surface area contributed by atoms with Gasteiger partial charge in [0.05, 0.1) is 7.11 Å². The fraction of sp³-hybridized carbons (Fsp3) is 0.556. The van der Waals surface area contributed by atoms with Crippen LogP contribution < -0.4 is 20.7 Å². The maximum atomic E-state index is 14.2. The van der Waals surface area contributed by atoms with E-state index >= 15 is 0 Å². The Morgan fingerprint density at radius 2 is 1.50 bits per heavy atom. The van der Waals surface area contributed by atoms with Gasteiger partial charge in [-0.3, -0.25) is 4.90 Å². The minimum atomic E-state index is -0.437. The number of rotatable bonds is 9. The van der Waals surface area contributed by atoms with Gasteiger partial charge in [-0.05, 0) is 85.7 Å². The summed E-state index contributed by atoms with van der Waals surface area (Å²) in [5.74, 6) is 1.22. The molecule has 0 spiro atoms. The van der Waals surface area contributed by atoms with Gasteiger partial charge in [0.15, 0.2) is 11.6 Å². The molecule has 3 aromatic rings. The normalized spacial score (nSPS) is 17.6. The Balaban J connectivity index is 0.000000385. The van der Waals surface area contributed by atoms with Gasteiger partial charge in [-0.15, -0.1) is 0 Å². The van der Waals surface area contributed by atoms with Gasteiger partial charge in [0.25, 0.3) is 0 Å². The quantitative estimate of drug-likeness (QED) is 0.218. The van der Waals surface area contributed by atoms with Crippen molar-refractivity contribution < 1.29 is 9.13 Å². The zero-order valence-electron chi connectivity index (χ0n) is 23.7. The van der Waals surface area contributed by atoms with Crippen LogP contribution in [0.4, 0.5) is 27.9 Å². The van der Waals surface area contributed by atoms with Crippen molar-refractivity contribution in [3.05, 3.63) is 39.9 Å². The summed E-state index contributed by atoms with van der Waals surface area (Å²) in [4.78, 5) is 26.7. The molecule has 3 heterocycles. The van der Waals surface area contributed by atoms with Gasteiger partial charge in [-0.2, -0.15) is 29.9 Å². The molecule has 2 fully saturated rings. The Kier molecular flexibility index (Phi) is 12.4. The molecule has 0 amide bonds. The number of anilines is 4. The van der Waals surface area contributed by atoms with Crippen molar-refractivity contribution in [3.8, 4) is 5.75 Å². The van der Waals surface area contributed by atoms with E-state index in [-0.39, 0.29) is 21.6 Å². The first-order valence-electron chi connectivity index (χ1n) is 14.2. The lowest BCUT2D eigenvalue weighted by Crippen LogP contribution is -2.35. The molecule has 0 bridgehead atoms. The minimum Gasteiger partial charge on any atom is -0.494 e. The third kappa shape index (κ3) is 9.89. The SMILES string of the molecule is CCN1CCC[C@@H]1CNc1nc(Nc2ccc(OC)c(F)c2)nc(NC2CCCCCC2)n1.Clc1nc(Cl)nc(Cl)n1. The summed E-state index contributed by atoms with van der Waals surface area (Å²) in [6, 6.07) is 5.56. The zero-order chi connectivity index (χ0) is 29.9. The standard InChI is InChI=1S/C24H36FN7O.C3Cl3N3/c1-3-32-14-8-11-19(32)16-26-22-29-23(27-17-9-6-4-5-7-10-17)31-24(30-22)28-18-12-13-21(33-2)20(25)15-18;4-1-7-2(5)9-3(6)8-1/h12-13,15,17,19H,3-11,14,16H2,1-2H3,(H3,26,27,28,29,30,31);/t19-;/m1./s1. The average Bonchev–Trinajstić information content (AvgIpc) is 3.26. The van der Waals surface area contributed by atoms with E-state index in [9.17, 15) is 4.39 Å². The number of methoxy groups -OCH3 is 1. The molecule has 2 aliphatic rings. The summed E-state index contributed by atoms with van der Waals surface area (Å²) in [6.07, 6.45) is 9.65. The van der Waals surface area contributed by atoms with E-state index in [1.54, 1.807) is 12.1 Å². The molecule has 1 aliphatic carbocycles. The van der Waals surface area contributed by atoms with Gasteiger partial charge < -0.3 is 20.7 Å². The lowest BCUT2D eigenvalue weighted by molar-refractivity contribution is 0.277. The van der Waals surface area contributed by atoms with Crippen LogP contribution in [0.3, 0.4) is 0 Å². The van der Waals surface area contributed by atoms with E-state index in [0.717, 1.165) is 32.5 Å². The van der Waals surface area contributed by atoms with Crippen LogP contribution in [0.1, 0.15) is 58.3 Å². The molecule has 0 unspecified atom stereocenters. The molecule has 1 aliphatic heterocycles. The van der Waals surface area contributed by atoms with Gasteiger partial charge in [-0.1, -0.05) is 32.6 Å². The number of nitrogens with zero attached hydrogens (tertiary/aromatic N) is 7. The summed E-state index contributed by atoms with van der Waals surface area (Å²) in [6.45, 7) is 5.18. The highest BCUT2D eigenvalue weighted by Crippen LogP contribution is 2.25. The Labute approximate surface area is 260 Å². The van der Waals surface area contributed by atoms with E-state index in [2.05, 4.69) is 57.7 Å². The van der Waals surface area contributed by atoms with Crippen LogP contribution in [0, 0.1) is 5.82 Å². The second-order valence-electron chi connectivity index (χ2n) is 10.1. The Morgan fingerprint density at radius 1 is 0.857 bits per heavy atom. The Bertz CT molecular complexity index is 1250. The molecule has 1 atom stereocenters. The molecule has 5 rings (SSSR count). The number of nitrogens with one attached hydrogen (secondary N) is 3. The van der Waals surface area contributed by atoms with Crippen molar-refractivity contribution in [2.24, 2.45) is 0 Å². The van der Waals surface area contributed by atoms with Crippen LogP contribution in [-0.4, -0.2) is 73.6 Å². The first-order chi connectivity index (χ1) is 20.3. The molecular weight excluding hydrogens is 606 g/mol. The molecule has 3 N–H and O–H groups in total. The van der Waals surface area contributed by atoms with E-state index in [1.165, 1.54) is 51.7 Å². The molecule has 11 nitrogen and oxygen atoms in total. The van der Waals surface area contributed by atoms with Crippen molar-refractivity contribution in [1.29, 1.82) is 0 Å². The second kappa shape index (κ2) is 16.2. The van der Waals surface area contributed by atoms with Gasteiger partial charge >= 0.3 is 0 Å². The number of aromatic nitrogens is 6. The summed E-state index contributed by atoms with van der Waals surface area (Å²) in [5.41, 5.74) is 0.554. The minimum absolute atomic E-state index is 0.000000000000000444. The topological polar surface area (TPSA) is 126 Å². The zero-order valence-corrected chi connectivity index (χ0v) is 26.0. The van der Waals surface area contributed by atoms with Crippen LogP contribution in [0.2, 0.25) is 15.9 Å². The number of likely N-dealkylation sites (tertiary alicyclic amines) is 1. The van der Waals surface area contributed by atoms with Crippen LogP contribution >= 0.6 is 34.8 Å².